The zero-order valence-electron chi connectivity index (χ0n) is 16.0. The van der Waals surface area contributed by atoms with Gasteiger partial charge in [-0.2, -0.15) is 0 Å². The topological polar surface area (TPSA) is 97.4 Å². The Balaban J connectivity index is 1.55. The van der Waals surface area contributed by atoms with Gasteiger partial charge in [0.2, 0.25) is 22.1 Å². The van der Waals surface area contributed by atoms with Crippen LogP contribution in [0.25, 0.3) is 0 Å². The van der Waals surface area contributed by atoms with Crippen LogP contribution in [0.4, 0.5) is 5.69 Å². The van der Waals surface area contributed by atoms with Gasteiger partial charge in [-0.15, -0.1) is 10.2 Å². The lowest BCUT2D eigenvalue weighted by atomic mass is 10.2. The molecule has 0 saturated carbocycles. The predicted octanol–water partition coefficient (Wildman–Crippen LogP) is 1.63. The number of nitrogens with two attached hydrogens (primary N) is 1. The van der Waals surface area contributed by atoms with Crippen molar-refractivity contribution in [2.75, 3.05) is 41.9 Å². The van der Waals surface area contributed by atoms with E-state index in [0.717, 1.165) is 12.1 Å². The molecule has 28 heavy (non-hydrogen) atoms. The summed E-state index contributed by atoms with van der Waals surface area (Å²) in [5, 5.41) is 9.02. The highest BCUT2D eigenvalue weighted by Gasteiger charge is 2.25. The lowest BCUT2D eigenvalue weighted by Gasteiger charge is -2.17. The van der Waals surface area contributed by atoms with Crippen molar-refractivity contribution in [3.05, 3.63) is 29.8 Å². The second-order valence-corrected chi connectivity index (χ2v) is 8.09. The van der Waals surface area contributed by atoms with Crippen LogP contribution in [0.5, 0.6) is 0 Å². The molecule has 0 aliphatic carbocycles. The molecule has 0 saturated heterocycles. The summed E-state index contributed by atoms with van der Waals surface area (Å²) in [5.41, 5.74) is 2.17. The number of anilines is 1. The predicted molar refractivity (Wildman–Crippen MR) is 112 cm³/mol. The number of aromatic nitrogens is 3. The van der Waals surface area contributed by atoms with E-state index in [0.29, 0.717) is 29.9 Å². The second-order valence-electron chi connectivity index (χ2n) is 6.20. The highest BCUT2D eigenvalue weighted by Crippen LogP contribution is 2.29. The fourth-order valence-corrected chi connectivity index (χ4v) is 4.61. The molecule has 1 aliphatic heterocycles. The van der Waals surface area contributed by atoms with E-state index in [-0.39, 0.29) is 23.3 Å². The van der Waals surface area contributed by atoms with Crippen LogP contribution in [0.1, 0.15) is 19.4 Å². The minimum Gasteiger partial charge on any atom is -0.343 e. The molecule has 0 fully saturated rings. The number of hydrogen-bond acceptors (Lipinski definition) is 7. The van der Waals surface area contributed by atoms with Crippen LogP contribution in [0.3, 0.4) is 0 Å². The van der Waals surface area contributed by atoms with E-state index in [9.17, 15) is 9.59 Å². The summed E-state index contributed by atoms with van der Waals surface area (Å²) >= 11 is 2.50. The van der Waals surface area contributed by atoms with E-state index < -0.39 is 0 Å². The standard InChI is InChI=1S/C18H24N6O2S2/c1-3-22(4-2)15(25)11-27-17-20-21-18(24(17)19)28-12-16(26)23-10-9-13-7-5-6-8-14(13)23/h5-8H,3-4,9-12,19H2,1-2H3. The van der Waals surface area contributed by atoms with Gasteiger partial charge in [-0.3, -0.25) is 9.59 Å². The Hall–Kier alpha value is -2.20. The molecule has 0 atom stereocenters. The lowest BCUT2D eigenvalue weighted by Crippen LogP contribution is -2.32. The first-order valence-electron chi connectivity index (χ1n) is 9.17. The molecule has 1 aliphatic rings. The fraction of sp³-hybridized carbons (Fsp3) is 0.444. The molecule has 2 heterocycles. The molecule has 1 aromatic carbocycles. The SMILES string of the molecule is CCN(CC)C(=O)CSc1nnc(SCC(=O)N2CCc3ccccc32)n1N. The van der Waals surface area contributed by atoms with E-state index >= 15 is 0 Å². The van der Waals surface area contributed by atoms with Crippen molar-refractivity contribution in [2.24, 2.45) is 0 Å². The molecule has 2 aromatic rings. The molecule has 2 amide bonds. The first-order chi connectivity index (χ1) is 13.5. The van der Waals surface area contributed by atoms with Crippen LogP contribution in [-0.2, 0) is 16.0 Å². The zero-order valence-corrected chi connectivity index (χ0v) is 17.6. The third-order valence-electron chi connectivity index (χ3n) is 4.59. The van der Waals surface area contributed by atoms with Crippen molar-refractivity contribution in [3.8, 4) is 0 Å². The Morgan fingerprint density at radius 1 is 1.11 bits per heavy atom. The van der Waals surface area contributed by atoms with Gasteiger partial charge in [0, 0.05) is 25.3 Å². The summed E-state index contributed by atoms with van der Waals surface area (Å²) in [6, 6.07) is 7.95. The van der Waals surface area contributed by atoms with E-state index in [1.54, 1.807) is 9.80 Å². The van der Waals surface area contributed by atoms with Gasteiger partial charge >= 0.3 is 0 Å². The van der Waals surface area contributed by atoms with Gasteiger partial charge in [-0.1, -0.05) is 41.7 Å². The lowest BCUT2D eigenvalue weighted by molar-refractivity contribution is -0.128. The van der Waals surface area contributed by atoms with Crippen molar-refractivity contribution < 1.29 is 9.59 Å². The Kier molecular flexibility index (Phi) is 6.84. The van der Waals surface area contributed by atoms with Crippen molar-refractivity contribution >= 4 is 41.0 Å². The van der Waals surface area contributed by atoms with Gasteiger partial charge in [0.15, 0.2) is 0 Å². The monoisotopic (exact) mass is 420 g/mol. The molecule has 150 valence electrons. The van der Waals surface area contributed by atoms with Crippen LogP contribution in [0.15, 0.2) is 34.6 Å². The zero-order chi connectivity index (χ0) is 20.1. The number of carbonyl (C=O) groups excluding carboxylic acids is 2. The summed E-state index contributed by atoms with van der Waals surface area (Å²) in [5.74, 6) is 6.59. The number of thioether (sulfide) groups is 2. The minimum absolute atomic E-state index is 0.0175. The van der Waals surface area contributed by atoms with E-state index in [4.69, 9.17) is 5.84 Å². The molecular weight excluding hydrogens is 396 g/mol. The Bertz CT molecular complexity index is 852. The smallest absolute Gasteiger partial charge is 0.237 e. The number of fused-ring (bicyclic) bond motifs is 1. The second kappa shape index (κ2) is 9.33. The summed E-state index contributed by atoms with van der Waals surface area (Å²) < 4.78 is 1.34. The maximum absolute atomic E-state index is 12.6. The Labute approximate surface area is 172 Å². The third kappa shape index (κ3) is 4.44. The first-order valence-corrected chi connectivity index (χ1v) is 11.1. The van der Waals surface area contributed by atoms with Crippen molar-refractivity contribution in [2.45, 2.75) is 30.6 Å². The van der Waals surface area contributed by atoms with Gasteiger partial charge in [0.05, 0.1) is 11.5 Å². The van der Waals surface area contributed by atoms with E-state index in [1.807, 2.05) is 32.0 Å². The summed E-state index contributed by atoms with van der Waals surface area (Å²) in [6.07, 6.45) is 0.876. The van der Waals surface area contributed by atoms with Gasteiger partial charge in [-0.05, 0) is 31.9 Å². The number of hydrogen-bond donors (Lipinski definition) is 1. The first kappa shape index (κ1) is 20.5. The molecule has 0 bridgehead atoms. The Morgan fingerprint density at radius 3 is 2.43 bits per heavy atom. The van der Waals surface area contributed by atoms with E-state index in [2.05, 4.69) is 16.3 Å². The van der Waals surface area contributed by atoms with Crippen molar-refractivity contribution in [1.29, 1.82) is 0 Å². The number of nitrogen functional groups attached to an aromatic ring is 1. The number of carbonyl (C=O) groups is 2. The molecule has 10 heteroatoms. The van der Waals surface area contributed by atoms with Gasteiger partial charge in [-0.25, -0.2) is 4.68 Å². The van der Waals surface area contributed by atoms with Crippen LogP contribution in [-0.4, -0.2) is 62.7 Å². The summed E-state index contributed by atoms with van der Waals surface area (Å²) in [6.45, 7) is 5.94. The molecule has 2 N–H and O–H groups in total. The number of amides is 2. The largest absolute Gasteiger partial charge is 0.343 e. The average Bonchev–Trinajstić information content (AvgIpc) is 3.29. The fourth-order valence-electron chi connectivity index (χ4n) is 3.06. The number of rotatable bonds is 8. The minimum atomic E-state index is 0.0175. The van der Waals surface area contributed by atoms with Crippen molar-refractivity contribution in [1.82, 2.24) is 19.8 Å². The van der Waals surface area contributed by atoms with Gasteiger partial charge in [0.25, 0.3) is 0 Å². The van der Waals surface area contributed by atoms with Gasteiger partial charge in [0.1, 0.15) is 0 Å². The highest BCUT2D eigenvalue weighted by molar-refractivity contribution is 8.00. The van der Waals surface area contributed by atoms with Crippen LogP contribution in [0, 0.1) is 0 Å². The molecule has 0 spiro atoms. The highest BCUT2D eigenvalue weighted by atomic mass is 32.2. The summed E-state index contributed by atoms with van der Waals surface area (Å²) in [4.78, 5) is 28.3. The molecule has 0 radical (unpaired) electrons. The van der Waals surface area contributed by atoms with Crippen LogP contribution < -0.4 is 10.7 Å². The summed E-state index contributed by atoms with van der Waals surface area (Å²) in [7, 11) is 0. The number of benzene rings is 1. The number of nitrogens with zero attached hydrogens (tertiary/aromatic N) is 5. The molecule has 1 aromatic heterocycles. The number of para-hydroxylation sites is 1. The van der Waals surface area contributed by atoms with Crippen LogP contribution in [0.2, 0.25) is 0 Å². The average molecular weight is 421 g/mol. The molecule has 8 nitrogen and oxygen atoms in total. The third-order valence-corrected chi connectivity index (χ3v) is 6.44. The normalized spacial score (nSPS) is 12.9. The van der Waals surface area contributed by atoms with E-state index in [1.165, 1.54) is 33.8 Å². The molecule has 3 rings (SSSR count). The Morgan fingerprint density at radius 2 is 1.75 bits per heavy atom. The van der Waals surface area contributed by atoms with Gasteiger partial charge < -0.3 is 15.6 Å². The molecular formula is C18H24N6O2S2. The quantitative estimate of drug-likeness (QED) is 0.512. The maximum atomic E-state index is 12.6. The van der Waals surface area contributed by atoms with Crippen LogP contribution >= 0.6 is 23.5 Å². The maximum Gasteiger partial charge on any atom is 0.237 e. The van der Waals surface area contributed by atoms with Crippen molar-refractivity contribution in [3.63, 3.8) is 0 Å². The molecule has 0 unspecified atom stereocenters.